The van der Waals surface area contributed by atoms with Crippen LogP contribution in [0.4, 0.5) is 5.13 Å². The van der Waals surface area contributed by atoms with Gasteiger partial charge in [-0.1, -0.05) is 101 Å². The van der Waals surface area contributed by atoms with E-state index >= 15 is 0 Å². The van der Waals surface area contributed by atoms with Crippen LogP contribution in [0.25, 0.3) is 21.7 Å². The minimum atomic E-state index is -0.214. The molecule has 0 saturated heterocycles. The molecule has 0 spiro atoms. The maximum Gasteiger partial charge on any atom is 0.226 e. The number of aryl methyl sites for hydroxylation is 2. The first kappa shape index (κ1) is 21.7. The van der Waals surface area contributed by atoms with Crippen LogP contribution in [0.5, 0.6) is 0 Å². The van der Waals surface area contributed by atoms with Gasteiger partial charge in [0.15, 0.2) is 10.9 Å². The molecular weight excluding hydrogens is 416 g/mol. The number of rotatable bonds is 7. The molecule has 32 heavy (non-hydrogen) atoms. The summed E-state index contributed by atoms with van der Waals surface area (Å²) in [5.74, 6) is -0.251. The maximum absolute atomic E-state index is 12.5. The van der Waals surface area contributed by atoms with Gasteiger partial charge in [-0.05, 0) is 19.4 Å². The average Bonchev–Trinajstić information content (AvgIpc) is 3.22. The van der Waals surface area contributed by atoms with Crippen molar-refractivity contribution < 1.29 is 9.59 Å². The van der Waals surface area contributed by atoms with E-state index in [4.69, 9.17) is 4.98 Å². The number of nitrogens with zero attached hydrogens (tertiary/aromatic N) is 1. The molecule has 4 nitrogen and oxygen atoms in total. The van der Waals surface area contributed by atoms with Crippen molar-refractivity contribution in [1.29, 1.82) is 0 Å². The van der Waals surface area contributed by atoms with Crippen molar-refractivity contribution in [2.45, 2.75) is 26.7 Å². The predicted octanol–water partition coefficient (Wildman–Crippen LogP) is 6.70. The van der Waals surface area contributed by atoms with Crippen molar-refractivity contribution in [3.8, 4) is 21.7 Å². The molecule has 0 aliphatic rings. The van der Waals surface area contributed by atoms with Crippen LogP contribution >= 0.6 is 11.3 Å². The number of Topliss-reactive ketones (excluding diaryl/α,β-unsaturated/α-hetero) is 1. The van der Waals surface area contributed by atoms with Crippen molar-refractivity contribution in [2.24, 2.45) is 0 Å². The summed E-state index contributed by atoms with van der Waals surface area (Å²) in [7, 11) is 0. The van der Waals surface area contributed by atoms with Crippen LogP contribution in [0.2, 0.25) is 0 Å². The molecule has 0 aliphatic heterocycles. The summed E-state index contributed by atoms with van der Waals surface area (Å²) in [6.07, 6.45) is 0.281. The number of benzene rings is 3. The van der Waals surface area contributed by atoms with Gasteiger partial charge in [-0.3, -0.25) is 9.59 Å². The molecule has 4 rings (SSSR count). The third-order valence-electron chi connectivity index (χ3n) is 5.19. The number of ketones is 1. The Kier molecular flexibility index (Phi) is 6.57. The normalized spacial score (nSPS) is 10.7. The molecule has 160 valence electrons. The predicted molar refractivity (Wildman–Crippen MR) is 131 cm³/mol. The summed E-state index contributed by atoms with van der Waals surface area (Å²) >= 11 is 1.45. The average molecular weight is 441 g/mol. The molecule has 0 bridgehead atoms. The number of thiazole rings is 1. The third kappa shape index (κ3) is 5.18. The van der Waals surface area contributed by atoms with Gasteiger partial charge in [0.25, 0.3) is 0 Å². The molecule has 0 aliphatic carbocycles. The van der Waals surface area contributed by atoms with E-state index in [1.165, 1.54) is 16.9 Å². The van der Waals surface area contributed by atoms with Crippen molar-refractivity contribution in [3.63, 3.8) is 0 Å². The summed E-state index contributed by atoms with van der Waals surface area (Å²) < 4.78 is 0. The molecule has 0 fully saturated rings. The van der Waals surface area contributed by atoms with Gasteiger partial charge in [-0.15, -0.1) is 0 Å². The fraction of sp³-hybridized carbons (Fsp3) is 0.148. The van der Waals surface area contributed by atoms with Gasteiger partial charge >= 0.3 is 0 Å². The van der Waals surface area contributed by atoms with Crippen molar-refractivity contribution in [2.75, 3.05) is 5.32 Å². The van der Waals surface area contributed by atoms with Crippen molar-refractivity contribution in [1.82, 2.24) is 4.98 Å². The van der Waals surface area contributed by atoms with Crippen LogP contribution in [0.3, 0.4) is 0 Å². The number of aromatic nitrogens is 1. The number of carbonyl (C=O) groups excluding carboxylic acids is 2. The van der Waals surface area contributed by atoms with E-state index < -0.39 is 0 Å². The Hall–Kier alpha value is -3.57. The van der Waals surface area contributed by atoms with E-state index in [-0.39, 0.29) is 24.5 Å². The molecular formula is C27H24N2O2S. The number of amides is 1. The fourth-order valence-corrected chi connectivity index (χ4v) is 4.37. The highest BCUT2D eigenvalue weighted by Gasteiger charge is 2.17. The lowest BCUT2D eigenvalue weighted by molar-refractivity contribution is -0.116. The van der Waals surface area contributed by atoms with E-state index in [0.717, 1.165) is 27.3 Å². The lowest BCUT2D eigenvalue weighted by Gasteiger charge is -2.03. The third-order valence-corrected chi connectivity index (χ3v) is 6.21. The zero-order valence-electron chi connectivity index (χ0n) is 18.1. The fourth-order valence-electron chi connectivity index (χ4n) is 3.36. The van der Waals surface area contributed by atoms with Gasteiger partial charge in [-0.25, -0.2) is 4.98 Å². The summed E-state index contributed by atoms with van der Waals surface area (Å²) in [4.78, 5) is 30.6. The molecule has 0 atom stereocenters. The van der Waals surface area contributed by atoms with Gasteiger partial charge in [0, 0.05) is 24.0 Å². The van der Waals surface area contributed by atoms with Crippen LogP contribution in [0, 0.1) is 13.8 Å². The lowest BCUT2D eigenvalue weighted by Crippen LogP contribution is -2.13. The summed E-state index contributed by atoms with van der Waals surface area (Å²) in [6, 6.07) is 25.6. The first-order chi connectivity index (χ1) is 15.5. The topological polar surface area (TPSA) is 59.1 Å². The number of hydrogen-bond acceptors (Lipinski definition) is 4. The summed E-state index contributed by atoms with van der Waals surface area (Å²) in [5.41, 5.74) is 5.81. The Bertz CT molecular complexity index is 1230. The molecule has 4 aromatic rings. The molecule has 3 aromatic carbocycles. The monoisotopic (exact) mass is 440 g/mol. The Labute approximate surface area is 192 Å². The van der Waals surface area contributed by atoms with Crippen LogP contribution < -0.4 is 5.32 Å². The molecule has 0 unspecified atom stereocenters. The van der Waals surface area contributed by atoms with Gasteiger partial charge < -0.3 is 5.32 Å². The van der Waals surface area contributed by atoms with Crippen molar-refractivity contribution >= 4 is 28.2 Å². The zero-order chi connectivity index (χ0) is 22.5. The van der Waals surface area contributed by atoms with Gasteiger partial charge in [-0.2, -0.15) is 0 Å². The van der Waals surface area contributed by atoms with Crippen LogP contribution in [-0.2, 0) is 4.79 Å². The van der Waals surface area contributed by atoms with Gasteiger partial charge in [0.1, 0.15) is 0 Å². The molecule has 1 aromatic heterocycles. The number of nitrogens with one attached hydrogen (secondary N) is 1. The quantitative estimate of drug-likeness (QED) is 0.326. The largest absolute Gasteiger partial charge is 0.302 e. The van der Waals surface area contributed by atoms with E-state index in [2.05, 4.69) is 36.5 Å². The van der Waals surface area contributed by atoms with Crippen LogP contribution in [-0.4, -0.2) is 16.7 Å². The first-order valence-electron chi connectivity index (χ1n) is 10.5. The van der Waals surface area contributed by atoms with E-state index in [0.29, 0.717) is 10.7 Å². The Morgan fingerprint density at radius 1 is 0.781 bits per heavy atom. The molecule has 0 radical (unpaired) electrons. The minimum absolute atomic E-state index is 0.0374. The summed E-state index contributed by atoms with van der Waals surface area (Å²) in [5, 5.41) is 3.42. The van der Waals surface area contributed by atoms with Crippen molar-refractivity contribution in [3.05, 3.63) is 95.6 Å². The maximum atomic E-state index is 12.5. The Morgan fingerprint density at radius 3 is 2.06 bits per heavy atom. The summed E-state index contributed by atoms with van der Waals surface area (Å²) in [6.45, 7) is 4.03. The van der Waals surface area contributed by atoms with Gasteiger partial charge in [0.2, 0.25) is 5.91 Å². The second-order valence-corrected chi connectivity index (χ2v) is 8.77. The van der Waals surface area contributed by atoms with Crippen LogP contribution in [0.1, 0.15) is 34.3 Å². The highest BCUT2D eigenvalue weighted by molar-refractivity contribution is 7.19. The SMILES string of the molecule is Cc1ccc(C(=O)CCC(=O)Nc2nc(-c3ccccc3)c(-c3ccc(C)cc3)s2)cc1. The van der Waals surface area contributed by atoms with E-state index in [1.807, 2.05) is 49.4 Å². The van der Waals surface area contributed by atoms with Crippen LogP contribution in [0.15, 0.2) is 78.9 Å². The van der Waals surface area contributed by atoms with E-state index in [9.17, 15) is 9.59 Å². The lowest BCUT2D eigenvalue weighted by atomic mass is 10.1. The first-order valence-corrected chi connectivity index (χ1v) is 11.3. The highest BCUT2D eigenvalue weighted by Crippen LogP contribution is 2.39. The number of carbonyl (C=O) groups is 2. The molecule has 1 N–H and O–H groups in total. The zero-order valence-corrected chi connectivity index (χ0v) is 18.9. The van der Waals surface area contributed by atoms with E-state index in [1.54, 1.807) is 12.1 Å². The number of anilines is 1. The smallest absolute Gasteiger partial charge is 0.226 e. The second kappa shape index (κ2) is 9.71. The standard InChI is InChI=1S/C27H24N2O2S/c1-18-8-12-20(13-9-18)23(30)16-17-24(31)28-27-29-25(21-6-4-3-5-7-21)26(32-27)22-14-10-19(2)11-15-22/h3-15H,16-17H2,1-2H3,(H,28,29,31). The molecule has 0 saturated carbocycles. The Morgan fingerprint density at radius 2 is 1.41 bits per heavy atom. The van der Waals surface area contributed by atoms with Gasteiger partial charge in [0.05, 0.1) is 10.6 Å². The Balaban J connectivity index is 1.51. The highest BCUT2D eigenvalue weighted by atomic mass is 32.1. The number of hydrogen-bond donors (Lipinski definition) is 1. The second-order valence-electron chi connectivity index (χ2n) is 7.77. The molecule has 1 heterocycles. The molecule has 1 amide bonds. The minimum Gasteiger partial charge on any atom is -0.302 e. The molecule has 5 heteroatoms.